The van der Waals surface area contributed by atoms with Crippen molar-refractivity contribution in [1.29, 1.82) is 0 Å². The normalized spacial score (nSPS) is 10.5. The number of hydrogen-bond acceptors (Lipinski definition) is 4. The molecule has 0 bridgehead atoms. The third-order valence-electron chi connectivity index (χ3n) is 2.68. The highest BCUT2D eigenvalue weighted by Gasteiger charge is 2.08. The maximum Gasteiger partial charge on any atom is 0.222 e. The number of halogens is 1. The van der Waals surface area contributed by atoms with Crippen molar-refractivity contribution in [3.8, 4) is 11.6 Å². The molecule has 0 fully saturated rings. The van der Waals surface area contributed by atoms with Crippen LogP contribution in [-0.4, -0.2) is 9.97 Å². The van der Waals surface area contributed by atoms with E-state index in [1.807, 2.05) is 6.92 Å². The highest BCUT2D eigenvalue weighted by atomic mass is 19.1. The molecule has 0 atom stereocenters. The lowest BCUT2D eigenvalue weighted by Crippen LogP contribution is -2.00. The van der Waals surface area contributed by atoms with Crippen LogP contribution in [0, 0.1) is 12.7 Å². The average Bonchev–Trinajstić information content (AvgIpc) is 2.40. The maximum absolute atomic E-state index is 13.8. The number of ether oxygens (including phenoxy) is 1. The Bertz CT molecular complexity index is 587. The van der Waals surface area contributed by atoms with Gasteiger partial charge < -0.3 is 10.5 Å². The van der Waals surface area contributed by atoms with Gasteiger partial charge in [0, 0.05) is 18.3 Å². The Labute approximate surface area is 111 Å². The summed E-state index contributed by atoms with van der Waals surface area (Å²) < 4.78 is 19.2. The van der Waals surface area contributed by atoms with E-state index in [4.69, 9.17) is 10.5 Å². The Morgan fingerprint density at radius 3 is 2.68 bits per heavy atom. The van der Waals surface area contributed by atoms with Gasteiger partial charge in [-0.25, -0.2) is 9.37 Å². The molecule has 2 N–H and O–H groups in total. The van der Waals surface area contributed by atoms with Gasteiger partial charge in [-0.05, 0) is 31.0 Å². The number of rotatable bonds is 4. The lowest BCUT2D eigenvalue weighted by molar-refractivity contribution is 0.424. The van der Waals surface area contributed by atoms with E-state index in [1.54, 1.807) is 25.1 Å². The number of aromatic nitrogens is 2. The number of aryl methyl sites for hydroxylation is 2. The third kappa shape index (κ3) is 3.26. The van der Waals surface area contributed by atoms with Gasteiger partial charge in [-0.1, -0.05) is 13.0 Å². The molecule has 0 aliphatic carbocycles. The molecular weight excluding hydrogens is 245 g/mol. The van der Waals surface area contributed by atoms with E-state index in [0.29, 0.717) is 18.2 Å². The monoisotopic (exact) mass is 261 g/mol. The molecule has 5 heteroatoms. The summed E-state index contributed by atoms with van der Waals surface area (Å²) in [5.41, 5.74) is 7.03. The maximum atomic E-state index is 13.8. The van der Waals surface area contributed by atoms with Crippen LogP contribution in [0.25, 0.3) is 0 Å². The number of nitrogens with two attached hydrogens (primary N) is 1. The molecule has 2 rings (SSSR count). The highest BCUT2D eigenvalue weighted by Crippen LogP contribution is 2.24. The van der Waals surface area contributed by atoms with E-state index in [1.165, 1.54) is 6.07 Å². The minimum atomic E-state index is -0.447. The summed E-state index contributed by atoms with van der Waals surface area (Å²) in [6.45, 7) is 4.06. The number of nitrogens with zero attached hydrogens (tertiary/aromatic N) is 2. The molecule has 19 heavy (non-hydrogen) atoms. The summed E-state index contributed by atoms with van der Waals surface area (Å²) in [6.07, 6.45) is 0.772. The molecule has 1 aromatic carbocycles. The van der Waals surface area contributed by atoms with Gasteiger partial charge in [0.2, 0.25) is 5.88 Å². The molecule has 100 valence electrons. The summed E-state index contributed by atoms with van der Waals surface area (Å²) in [7, 11) is 0. The van der Waals surface area contributed by atoms with Crippen LogP contribution < -0.4 is 10.5 Å². The van der Waals surface area contributed by atoms with Crippen molar-refractivity contribution in [2.24, 2.45) is 5.73 Å². The minimum absolute atomic E-state index is 0.136. The van der Waals surface area contributed by atoms with Gasteiger partial charge in [-0.3, -0.25) is 0 Å². The Morgan fingerprint density at radius 2 is 2.05 bits per heavy atom. The largest absolute Gasteiger partial charge is 0.436 e. The quantitative estimate of drug-likeness (QED) is 0.919. The molecule has 0 radical (unpaired) electrons. The van der Waals surface area contributed by atoms with Crippen molar-refractivity contribution in [1.82, 2.24) is 9.97 Å². The van der Waals surface area contributed by atoms with Gasteiger partial charge in [0.15, 0.2) is 11.6 Å². The Hall–Kier alpha value is -2.01. The molecule has 1 heterocycles. The first kappa shape index (κ1) is 13.4. The van der Waals surface area contributed by atoms with Gasteiger partial charge in [-0.15, -0.1) is 0 Å². The molecule has 0 saturated heterocycles. The average molecular weight is 261 g/mol. The van der Waals surface area contributed by atoms with Crippen LogP contribution in [0.5, 0.6) is 11.6 Å². The van der Waals surface area contributed by atoms with Crippen molar-refractivity contribution < 1.29 is 9.13 Å². The van der Waals surface area contributed by atoms with Crippen LogP contribution in [0.4, 0.5) is 4.39 Å². The number of benzene rings is 1. The van der Waals surface area contributed by atoms with Gasteiger partial charge in [0.25, 0.3) is 0 Å². The second-order valence-corrected chi connectivity index (χ2v) is 4.17. The predicted molar refractivity (Wildman–Crippen MR) is 70.5 cm³/mol. The smallest absolute Gasteiger partial charge is 0.222 e. The topological polar surface area (TPSA) is 61.0 Å². The Kier molecular flexibility index (Phi) is 4.06. The molecule has 2 aromatic rings. The molecular formula is C14H16FN3O. The van der Waals surface area contributed by atoms with Crippen molar-refractivity contribution in [2.75, 3.05) is 0 Å². The van der Waals surface area contributed by atoms with Crippen LogP contribution >= 0.6 is 0 Å². The molecule has 1 aromatic heterocycles. The zero-order chi connectivity index (χ0) is 13.8. The van der Waals surface area contributed by atoms with Crippen molar-refractivity contribution in [3.05, 3.63) is 47.2 Å². The first-order chi connectivity index (χ1) is 9.12. The second-order valence-electron chi connectivity index (χ2n) is 4.17. The standard InChI is InChI=1S/C14H16FN3O/c1-3-11-7-14(18-9(2)17-11)19-13-5-4-10(8-16)6-12(13)15/h4-7H,3,8,16H2,1-2H3. The summed E-state index contributed by atoms with van der Waals surface area (Å²) in [5, 5.41) is 0. The van der Waals surface area contributed by atoms with Crippen LogP contribution in [0.3, 0.4) is 0 Å². The lowest BCUT2D eigenvalue weighted by Gasteiger charge is -2.08. The predicted octanol–water partition coefficient (Wildman–Crippen LogP) is 2.74. The minimum Gasteiger partial charge on any atom is -0.436 e. The molecule has 0 aliphatic rings. The molecule has 0 amide bonds. The molecule has 0 spiro atoms. The van der Waals surface area contributed by atoms with E-state index in [-0.39, 0.29) is 5.75 Å². The fourth-order valence-electron chi connectivity index (χ4n) is 1.70. The van der Waals surface area contributed by atoms with E-state index in [2.05, 4.69) is 9.97 Å². The fraction of sp³-hybridized carbons (Fsp3) is 0.286. The van der Waals surface area contributed by atoms with E-state index >= 15 is 0 Å². The zero-order valence-electron chi connectivity index (χ0n) is 11.0. The van der Waals surface area contributed by atoms with Crippen molar-refractivity contribution in [3.63, 3.8) is 0 Å². The molecule has 0 unspecified atom stereocenters. The van der Waals surface area contributed by atoms with E-state index in [0.717, 1.165) is 17.7 Å². The van der Waals surface area contributed by atoms with Crippen molar-refractivity contribution >= 4 is 0 Å². The van der Waals surface area contributed by atoms with E-state index in [9.17, 15) is 4.39 Å². The molecule has 0 saturated carbocycles. The van der Waals surface area contributed by atoms with Gasteiger partial charge in [0.05, 0.1) is 0 Å². The lowest BCUT2D eigenvalue weighted by atomic mass is 10.2. The first-order valence-electron chi connectivity index (χ1n) is 6.13. The second kappa shape index (κ2) is 5.75. The SMILES string of the molecule is CCc1cc(Oc2ccc(CN)cc2F)nc(C)n1. The van der Waals surface area contributed by atoms with Crippen molar-refractivity contribution in [2.45, 2.75) is 26.8 Å². The van der Waals surface area contributed by atoms with Crippen LogP contribution in [-0.2, 0) is 13.0 Å². The summed E-state index contributed by atoms with van der Waals surface area (Å²) in [4.78, 5) is 8.38. The summed E-state index contributed by atoms with van der Waals surface area (Å²) in [6, 6.07) is 6.36. The summed E-state index contributed by atoms with van der Waals surface area (Å²) in [5.74, 6) is 0.645. The van der Waals surface area contributed by atoms with Crippen LogP contribution in [0.2, 0.25) is 0 Å². The number of hydrogen-bond donors (Lipinski definition) is 1. The van der Waals surface area contributed by atoms with Gasteiger partial charge in [0.1, 0.15) is 5.82 Å². The summed E-state index contributed by atoms with van der Waals surface area (Å²) >= 11 is 0. The highest BCUT2D eigenvalue weighted by molar-refractivity contribution is 5.32. The fourth-order valence-corrected chi connectivity index (χ4v) is 1.70. The Balaban J connectivity index is 2.28. The van der Waals surface area contributed by atoms with E-state index < -0.39 is 5.82 Å². The molecule has 0 aliphatic heterocycles. The molecule has 4 nitrogen and oxygen atoms in total. The third-order valence-corrected chi connectivity index (χ3v) is 2.68. The van der Waals surface area contributed by atoms with Gasteiger partial charge >= 0.3 is 0 Å². The van der Waals surface area contributed by atoms with Crippen LogP contribution in [0.1, 0.15) is 24.0 Å². The van der Waals surface area contributed by atoms with Gasteiger partial charge in [-0.2, -0.15) is 4.98 Å². The first-order valence-corrected chi connectivity index (χ1v) is 6.13. The van der Waals surface area contributed by atoms with Crippen LogP contribution in [0.15, 0.2) is 24.3 Å². The Morgan fingerprint density at radius 1 is 1.26 bits per heavy atom. The zero-order valence-corrected chi connectivity index (χ0v) is 11.0.